The number of alkyl halides is 3. The summed E-state index contributed by atoms with van der Waals surface area (Å²) in [5.41, 5.74) is 5.00. The molecule has 1 aromatic rings. The quantitative estimate of drug-likeness (QED) is 0.840. The van der Waals surface area contributed by atoms with Crippen molar-refractivity contribution in [2.24, 2.45) is 5.73 Å². The summed E-state index contributed by atoms with van der Waals surface area (Å²) in [6.07, 6.45) is -3.53. The first-order chi connectivity index (χ1) is 9.42. The average Bonchev–Trinajstić information content (AvgIpc) is 2.33. The van der Waals surface area contributed by atoms with E-state index in [1.807, 2.05) is 0 Å². The van der Waals surface area contributed by atoms with Gasteiger partial charge >= 0.3 is 6.18 Å². The first-order valence-electron chi connectivity index (χ1n) is 6.07. The molecular formula is C13H16F3NO3S. The fraction of sp³-hybridized carbons (Fsp3) is 0.462. The maximum atomic E-state index is 12.5. The Morgan fingerprint density at radius 3 is 2.33 bits per heavy atom. The number of rotatable bonds is 5. The summed E-state index contributed by atoms with van der Waals surface area (Å²) in [5, 5.41) is 0. The van der Waals surface area contributed by atoms with Crippen molar-refractivity contribution < 1.29 is 26.4 Å². The van der Waals surface area contributed by atoms with Crippen LogP contribution in [0.1, 0.15) is 27.9 Å². The van der Waals surface area contributed by atoms with Gasteiger partial charge in [0.05, 0.1) is 17.4 Å². The van der Waals surface area contributed by atoms with Crippen LogP contribution in [-0.2, 0) is 16.0 Å². The van der Waals surface area contributed by atoms with E-state index in [1.165, 1.54) is 6.92 Å². The summed E-state index contributed by atoms with van der Waals surface area (Å²) in [6, 6.07) is 1.69. The van der Waals surface area contributed by atoms with E-state index in [1.54, 1.807) is 0 Å². The second-order valence-electron chi connectivity index (χ2n) is 4.92. The van der Waals surface area contributed by atoms with Crippen LogP contribution in [0.2, 0.25) is 0 Å². The Morgan fingerprint density at radius 1 is 1.33 bits per heavy atom. The van der Waals surface area contributed by atoms with Crippen molar-refractivity contribution >= 4 is 15.6 Å². The highest BCUT2D eigenvalue weighted by molar-refractivity contribution is 7.90. The lowest BCUT2D eigenvalue weighted by Gasteiger charge is -2.14. The van der Waals surface area contributed by atoms with E-state index in [0.717, 1.165) is 24.5 Å². The first-order valence-corrected chi connectivity index (χ1v) is 8.13. The summed E-state index contributed by atoms with van der Waals surface area (Å²) in [6.45, 7) is 1.38. The number of carbonyl (C=O) groups excluding carboxylic acids is 1. The number of halogens is 3. The van der Waals surface area contributed by atoms with Gasteiger partial charge in [0.2, 0.25) is 0 Å². The molecule has 0 heterocycles. The molecule has 8 heteroatoms. The summed E-state index contributed by atoms with van der Waals surface area (Å²) in [5.74, 6) is -0.815. The van der Waals surface area contributed by atoms with Crippen molar-refractivity contribution in [1.29, 1.82) is 0 Å². The Bertz CT molecular complexity index is 639. The van der Waals surface area contributed by atoms with Gasteiger partial charge in [-0.1, -0.05) is 6.07 Å². The van der Waals surface area contributed by atoms with Gasteiger partial charge in [0, 0.05) is 11.8 Å². The van der Waals surface area contributed by atoms with Crippen molar-refractivity contribution in [2.75, 3.05) is 12.0 Å². The van der Waals surface area contributed by atoms with Crippen LogP contribution in [0, 0.1) is 6.92 Å². The topological polar surface area (TPSA) is 77.2 Å². The smallest absolute Gasteiger partial charge is 0.321 e. The Hall–Kier alpha value is -1.41. The van der Waals surface area contributed by atoms with E-state index < -0.39 is 33.4 Å². The normalized spacial score (nSPS) is 14.0. The third kappa shape index (κ3) is 5.13. The molecule has 0 spiro atoms. The Balaban J connectivity index is 2.93. The molecule has 2 N–H and O–H groups in total. The zero-order chi connectivity index (χ0) is 16.4. The molecule has 1 unspecified atom stereocenters. The molecule has 0 radical (unpaired) electrons. The van der Waals surface area contributed by atoms with Crippen LogP contribution >= 0.6 is 0 Å². The molecule has 0 aromatic heterocycles. The molecule has 0 aliphatic heterocycles. The Labute approximate surface area is 121 Å². The lowest BCUT2D eigenvalue weighted by atomic mass is 9.97. The van der Waals surface area contributed by atoms with Crippen LogP contribution in [0.4, 0.5) is 13.2 Å². The van der Waals surface area contributed by atoms with Crippen LogP contribution in [0.3, 0.4) is 0 Å². The fourth-order valence-corrected chi connectivity index (χ4v) is 2.47. The molecular weight excluding hydrogens is 307 g/mol. The standard InChI is InChI=1S/C13H16F3NO3S/c1-8-7-9(13(14,15)16)3-4-10(8)12(18)11(17)5-6-21(2,19)20/h3-4,7,11H,5-6,17H2,1-2H3. The Morgan fingerprint density at radius 2 is 1.90 bits per heavy atom. The van der Waals surface area contributed by atoms with E-state index in [9.17, 15) is 26.4 Å². The molecule has 0 bridgehead atoms. The largest absolute Gasteiger partial charge is 0.416 e. The van der Waals surface area contributed by atoms with E-state index in [-0.39, 0.29) is 23.3 Å². The zero-order valence-corrected chi connectivity index (χ0v) is 12.4. The SMILES string of the molecule is Cc1cc(C(F)(F)F)ccc1C(=O)C(N)CCS(C)(=O)=O. The minimum Gasteiger partial charge on any atom is -0.321 e. The molecule has 4 nitrogen and oxygen atoms in total. The van der Waals surface area contributed by atoms with Crippen LogP contribution in [-0.4, -0.2) is 32.3 Å². The molecule has 1 rings (SSSR count). The number of nitrogens with two attached hydrogens (primary N) is 1. The molecule has 1 aromatic carbocycles. The van der Waals surface area contributed by atoms with E-state index in [4.69, 9.17) is 5.73 Å². The van der Waals surface area contributed by atoms with Crippen molar-refractivity contribution in [1.82, 2.24) is 0 Å². The highest BCUT2D eigenvalue weighted by Crippen LogP contribution is 2.30. The van der Waals surface area contributed by atoms with Crippen LogP contribution in [0.15, 0.2) is 18.2 Å². The molecule has 0 aliphatic carbocycles. The number of aryl methyl sites for hydroxylation is 1. The minimum absolute atomic E-state index is 0.0713. The number of hydrogen-bond acceptors (Lipinski definition) is 4. The maximum absolute atomic E-state index is 12.5. The second-order valence-corrected chi connectivity index (χ2v) is 7.18. The average molecular weight is 323 g/mol. The van der Waals surface area contributed by atoms with Gasteiger partial charge in [-0.05, 0) is 31.0 Å². The molecule has 118 valence electrons. The Kier molecular flexibility index (Phi) is 5.16. The van der Waals surface area contributed by atoms with Gasteiger partial charge in [-0.15, -0.1) is 0 Å². The van der Waals surface area contributed by atoms with Crippen molar-refractivity contribution in [3.63, 3.8) is 0 Å². The van der Waals surface area contributed by atoms with E-state index >= 15 is 0 Å². The molecule has 0 saturated heterocycles. The molecule has 0 fully saturated rings. The fourth-order valence-electron chi connectivity index (χ4n) is 1.79. The highest BCUT2D eigenvalue weighted by Gasteiger charge is 2.31. The van der Waals surface area contributed by atoms with Gasteiger partial charge < -0.3 is 5.73 Å². The van der Waals surface area contributed by atoms with Gasteiger partial charge in [-0.3, -0.25) is 4.79 Å². The summed E-state index contributed by atoms with van der Waals surface area (Å²) >= 11 is 0. The molecule has 0 amide bonds. The van der Waals surface area contributed by atoms with Gasteiger partial charge in [0.15, 0.2) is 5.78 Å². The maximum Gasteiger partial charge on any atom is 0.416 e. The lowest BCUT2D eigenvalue weighted by molar-refractivity contribution is -0.137. The van der Waals surface area contributed by atoms with Crippen LogP contribution in [0.5, 0.6) is 0 Å². The third-order valence-corrected chi connectivity index (χ3v) is 3.93. The summed E-state index contributed by atoms with van der Waals surface area (Å²) in [4.78, 5) is 12.0. The van der Waals surface area contributed by atoms with E-state index in [2.05, 4.69) is 0 Å². The molecule has 21 heavy (non-hydrogen) atoms. The number of Topliss-reactive ketones (excluding diaryl/α,β-unsaturated/α-hetero) is 1. The van der Waals surface area contributed by atoms with Crippen LogP contribution in [0.25, 0.3) is 0 Å². The van der Waals surface area contributed by atoms with Crippen molar-refractivity contribution in [2.45, 2.75) is 25.6 Å². The van der Waals surface area contributed by atoms with Crippen molar-refractivity contribution in [3.05, 3.63) is 34.9 Å². The number of carbonyl (C=O) groups is 1. The summed E-state index contributed by atoms with van der Waals surface area (Å²) in [7, 11) is -3.25. The molecule has 1 atom stereocenters. The monoisotopic (exact) mass is 323 g/mol. The van der Waals surface area contributed by atoms with Gasteiger partial charge in [-0.25, -0.2) is 8.42 Å². The number of ketones is 1. The molecule has 0 saturated carbocycles. The van der Waals surface area contributed by atoms with Gasteiger partial charge in [-0.2, -0.15) is 13.2 Å². The van der Waals surface area contributed by atoms with Crippen LogP contribution < -0.4 is 5.73 Å². The van der Waals surface area contributed by atoms with Gasteiger partial charge in [0.25, 0.3) is 0 Å². The summed E-state index contributed by atoms with van der Waals surface area (Å²) < 4.78 is 59.7. The molecule has 0 aliphatic rings. The lowest BCUT2D eigenvalue weighted by Crippen LogP contribution is -2.33. The third-order valence-electron chi connectivity index (χ3n) is 2.96. The predicted octanol–water partition coefficient (Wildman–Crippen LogP) is 1.96. The zero-order valence-electron chi connectivity index (χ0n) is 11.6. The number of sulfone groups is 1. The second kappa shape index (κ2) is 6.15. The predicted molar refractivity (Wildman–Crippen MR) is 72.8 cm³/mol. The van der Waals surface area contributed by atoms with Gasteiger partial charge in [0.1, 0.15) is 9.84 Å². The van der Waals surface area contributed by atoms with E-state index in [0.29, 0.717) is 0 Å². The number of benzene rings is 1. The highest BCUT2D eigenvalue weighted by atomic mass is 32.2. The van der Waals surface area contributed by atoms with Crippen molar-refractivity contribution in [3.8, 4) is 0 Å². The number of hydrogen-bond donors (Lipinski definition) is 1. The first kappa shape index (κ1) is 17.6. The minimum atomic E-state index is -4.48.